The van der Waals surface area contributed by atoms with Gasteiger partial charge in [-0.25, -0.2) is 0 Å². The van der Waals surface area contributed by atoms with Crippen molar-refractivity contribution in [2.45, 2.75) is 6.54 Å². The second-order valence-corrected chi connectivity index (χ2v) is 4.56. The summed E-state index contributed by atoms with van der Waals surface area (Å²) in [4.78, 5) is 16.3. The molecule has 0 atom stereocenters. The summed E-state index contributed by atoms with van der Waals surface area (Å²) in [5.74, 6) is 0.774. The molecular formula is C14H16N4O4. The smallest absolute Gasteiger partial charge is 0.269 e. The van der Waals surface area contributed by atoms with Gasteiger partial charge in [0, 0.05) is 30.8 Å². The molecule has 0 aliphatic heterocycles. The van der Waals surface area contributed by atoms with Crippen LogP contribution in [0, 0.1) is 10.1 Å². The average Bonchev–Trinajstić information content (AvgIpc) is 2.96. The van der Waals surface area contributed by atoms with Crippen molar-refractivity contribution in [3.8, 4) is 11.4 Å². The molecule has 2 rings (SSSR count). The highest BCUT2D eigenvalue weighted by molar-refractivity contribution is 5.56. The van der Waals surface area contributed by atoms with Crippen LogP contribution in [0.2, 0.25) is 0 Å². The molecule has 0 unspecified atom stereocenters. The van der Waals surface area contributed by atoms with Gasteiger partial charge in [-0.05, 0) is 12.1 Å². The van der Waals surface area contributed by atoms with Gasteiger partial charge in [0.1, 0.15) is 0 Å². The minimum absolute atomic E-state index is 0.00701. The number of aliphatic hydroxyl groups excluding tert-OH is 1. The van der Waals surface area contributed by atoms with Crippen molar-refractivity contribution in [3.63, 3.8) is 0 Å². The number of rotatable bonds is 8. The monoisotopic (exact) mass is 304 g/mol. The zero-order chi connectivity index (χ0) is 15.9. The Morgan fingerprint density at radius 1 is 1.41 bits per heavy atom. The van der Waals surface area contributed by atoms with Gasteiger partial charge < -0.3 is 9.63 Å². The number of non-ortho nitro benzene ring substituents is 1. The number of hydrogen-bond acceptors (Lipinski definition) is 7. The fraction of sp³-hybridized carbons (Fsp3) is 0.286. The van der Waals surface area contributed by atoms with Gasteiger partial charge in [-0.1, -0.05) is 11.2 Å². The molecule has 22 heavy (non-hydrogen) atoms. The van der Waals surface area contributed by atoms with Crippen LogP contribution in [0.3, 0.4) is 0 Å². The minimum Gasteiger partial charge on any atom is -0.395 e. The molecule has 2 aromatic rings. The molecule has 0 aliphatic carbocycles. The number of aromatic nitrogens is 2. The van der Waals surface area contributed by atoms with E-state index in [0.29, 0.717) is 36.9 Å². The zero-order valence-corrected chi connectivity index (χ0v) is 11.9. The summed E-state index contributed by atoms with van der Waals surface area (Å²) in [6.45, 7) is 5.14. The highest BCUT2D eigenvalue weighted by atomic mass is 16.6. The molecule has 1 heterocycles. The van der Waals surface area contributed by atoms with Crippen LogP contribution in [0.15, 0.2) is 41.4 Å². The summed E-state index contributed by atoms with van der Waals surface area (Å²) in [6, 6.07) is 5.92. The third kappa shape index (κ3) is 3.96. The topological polar surface area (TPSA) is 106 Å². The maximum atomic E-state index is 10.6. The minimum atomic E-state index is -0.465. The molecule has 8 nitrogen and oxygen atoms in total. The van der Waals surface area contributed by atoms with Crippen molar-refractivity contribution < 1.29 is 14.6 Å². The summed E-state index contributed by atoms with van der Waals surface area (Å²) < 4.78 is 5.17. The summed E-state index contributed by atoms with van der Waals surface area (Å²) in [6.07, 6.45) is 1.73. The molecule has 0 fully saturated rings. The molecule has 116 valence electrons. The van der Waals surface area contributed by atoms with E-state index in [0.717, 1.165) is 0 Å². The zero-order valence-electron chi connectivity index (χ0n) is 11.9. The van der Waals surface area contributed by atoms with Crippen LogP contribution < -0.4 is 0 Å². The van der Waals surface area contributed by atoms with E-state index < -0.39 is 4.92 Å². The van der Waals surface area contributed by atoms with Gasteiger partial charge in [0.2, 0.25) is 11.7 Å². The second kappa shape index (κ2) is 7.43. The maximum Gasteiger partial charge on any atom is 0.269 e. The van der Waals surface area contributed by atoms with Gasteiger partial charge in [-0.15, -0.1) is 6.58 Å². The van der Waals surface area contributed by atoms with Crippen LogP contribution in [0.25, 0.3) is 11.4 Å². The van der Waals surface area contributed by atoms with Gasteiger partial charge >= 0.3 is 0 Å². The molecule has 1 N–H and O–H groups in total. The summed E-state index contributed by atoms with van der Waals surface area (Å²) in [5, 5.41) is 23.5. The normalized spacial score (nSPS) is 10.8. The van der Waals surface area contributed by atoms with Crippen LogP contribution in [0.1, 0.15) is 5.89 Å². The maximum absolute atomic E-state index is 10.6. The molecule has 8 heteroatoms. The highest BCUT2D eigenvalue weighted by Crippen LogP contribution is 2.20. The predicted molar refractivity (Wildman–Crippen MR) is 78.9 cm³/mol. The van der Waals surface area contributed by atoms with Crippen LogP contribution in [-0.2, 0) is 6.54 Å². The number of nitro benzene ring substituents is 1. The number of benzene rings is 1. The largest absolute Gasteiger partial charge is 0.395 e. The summed E-state index contributed by atoms with van der Waals surface area (Å²) in [5.41, 5.74) is 0.644. The Bertz CT molecular complexity index is 639. The van der Waals surface area contributed by atoms with Crippen molar-refractivity contribution in [2.24, 2.45) is 0 Å². The molecule has 0 spiro atoms. The first-order valence-corrected chi connectivity index (χ1v) is 6.65. The van der Waals surface area contributed by atoms with Crippen molar-refractivity contribution in [1.82, 2.24) is 15.0 Å². The number of nitrogens with zero attached hydrogens (tertiary/aromatic N) is 4. The Labute approximate surface area is 126 Å². The van der Waals surface area contributed by atoms with E-state index in [-0.39, 0.29) is 12.3 Å². The lowest BCUT2D eigenvalue weighted by Gasteiger charge is -2.16. The fourth-order valence-electron chi connectivity index (χ4n) is 1.92. The van der Waals surface area contributed by atoms with Gasteiger partial charge in [0.25, 0.3) is 5.69 Å². The van der Waals surface area contributed by atoms with Crippen molar-refractivity contribution in [2.75, 3.05) is 19.7 Å². The standard InChI is InChI=1S/C14H16N4O4/c1-2-7-17(8-9-19)10-13-15-14(16-22-13)11-3-5-12(6-4-11)18(20)21/h2-6,19H,1,7-10H2. The van der Waals surface area contributed by atoms with Gasteiger partial charge in [-0.3, -0.25) is 15.0 Å². The molecule has 1 aromatic heterocycles. The van der Waals surface area contributed by atoms with Crippen LogP contribution in [-0.4, -0.2) is 44.8 Å². The lowest BCUT2D eigenvalue weighted by atomic mass is 10.2. The Hall–Kier alpha value is -2.58. The van der Waals surface area contributed by atoms with E-state index in [1.54, 1.807) is 18.2 Å². The van der Waals surface area contributed by atoms with Crippen LogP contribution in [0.5, 0.6) is 0 Å². The lowest BCUT2D eigenvalue weighted by molar-refractivity contribution is -0.384. The molecule has 0 saturated carbocycles. The van der Waals surface area contributed by atoms with E-state index in [2.05, 4.69) is 16.7 Å². The van der Waals surface area contributed by atoms with Crippen LogP contribution >= 0.6 is 0 Å². The Kier molecular flexibility index (Phi) is 5.34. The van der Waals surface area contributed by atoms with E-state index in [9.17, 15) is 10.1 Å². The number of aliphatic hydroxyl groups is 1. The van der Waals surface area contributed by atoms with Gasteiger partial charge in [0.15, 0.2) is 0 Å². The Morgan fingerprint density at radius 3 is 2.73 bits per heavy atom. The van der Waals surface area contributed by atoms with Gasteiger partial charge in [-0.2, -0.15) is 4.98 Å². The van der Waals surface area contributed by atoms with E-state index in [4.69, 9.17) is 9.63 Å². The quantitative estimate of drug-likeness (QED) is 0.449. The summed E-state index contributed by atoms with van der Waals surface area (Å²) >= 11 is 0. The molecular weight excluding hydrogens is 288 g/mol. The summed E-state index contributed by atoms with van der Waals surface area (Å²) in [7, 11) is 0. The third-order valence-electron chi connectivity index (χ3n) is 2.97. The third-order valence-corrected chi connectivity index (χ3v) is 2.97. The second-order valence-electron chi connectivity index (χ2n) is 4.56. The lowest BCUT2D eigenvalue weighted by Crippen LogP contribution is -2.26. The molecule has 1 aromatic carbocycles. The predicted octanol–water partition coefficient (Wildman–Crippen LogP) is 1.63. The van der Waals surface area contributed by atoms with E-state index in [1.807, 2.05) is 4.90 Å². The Morgan fingerprint density at radius 2 is 2.14 bits per heavy atom. The molecule has 0 amide bonds. The molecule has 0 bridgehead atoms. The van der Waals surface area contributed by atoms with Crippen molar-refractivity contribution in [3.05, 3.63) is 52.9 Å². The van der Waals surface area contributed by atoms with E-state index in [1.165, 1.54) is 12.1 Å². The molecule has 0 saturated heterocycles. The molecule has 0 radical (unpaired) electrons. The fourth-order valence-corrected chi connectivity index (χ4v) is 1.92. The average molecular weight is 304 g/mol. The van der Waals surface area contributed by atoms with Crippen LogP contribution in [0.4, 0.5) is 5.69 Å². The van der Waals surface area contributed by atoms with E-state index >= 15 is 0 Å². The first-order valence-electron chi connectivity index (χ1n) is 6.65. The Balaban J connectivity index is 2.09. The number of hydrogen-bond donors (Lipinski definition) is 1. The van der Waals surface area contributed by atoms with Gasteiger partial charge in [0.05, 0.1) is 18.1 Å². The van der Waals surface area contributed by atoms with Crippen molar-refractivity contribution in [1.29, 1.82) is 0 Å². The van der Waals surface area contributed by atoms with Crippen molar-refractivity contribution >= 4 is 5.69 Å². The number of nitro groups is 1. The first-order chi connectivity index (χ1) is 10.6. The highest BCUT2D eigenvalue weighted by Gasteiger charge is 2.13. The first kappa shape index (κ1) is 15.8. The molecule has 0 aliphatic rings. The SMILES string of the molecule is C=CCN(CCO)Cc1nc(-c2ccc([N+](=O)[O-])cc2)no1.